The van der Waals surface area contributed by atoms with Crippen molar-refractivity contribution < 1.29 is 14.7 Å². The van der Waals surface area contributed by atoms with Gasteiger partial charge in [0.15, 0.2) is 0 Å². The lowest BCUT2D eigenvalue weighted by Crippen LogP contribution is -2.37. The molecule has 0 bridgehead atoms. The third-order valence-electron chi connectivity index (χ3n) is 2.51. The maximum absolute atomic E-state index is 11.3. The van der Waals surface area contributed by atoms with Crippen LogP contribution in [0, 0.1) is 11.3 Å². The van der Waals surface area contributed by atoms with Crippen LogP contribution in [0.2, 0.25) is 0 Å². The molecule has 1 unspecified atom stereocenters. The summed E-state index contributed by atoms with van der Waals surface area (Å²) in [7, 11) is 0. The summed E-state index contributed by atoms with van der Waals surface area (Å²) < 4.78 is 0. The third-order valence-corrected chi connectivity index (χ3v) is 2.51. The lowest BCUT2D eigenvalue weighted by molar-refractivity contribution is -0.136. The van der Waals surface area contributed by atoms with Crippen molar-refractivity contribution in [3.8, 4) is 0 Å². The predicted octanol–water partition coefficient (Wildman–Crippen LogP) is 2.22. The van der Waals surface area contributed by atoms with Gasteiger partial charge in [-0.05, 0) is 24.2 Å². The standard InChI is InChI=1S/C13H26N2O3/c1-10(9-13(2,3)4)5-7-14-12(18)15-8-6-11(16)17/h10H,5-9H2,1-4H3,(H,16,17)(H2,14,15,18). The highest BCUT2D eigenvalue weighted by molar-refractivity contribution is 5.74. The van der Waals surface area contributed by atoms with Gasteiger partial charge in [-0.3, -0.25) is 4.79 Å². The fourth-order valence-electron chi connectivity index (χ4n) is 1.93. The fourth-order valence-corrected chi connectivity index (χ4v) is 1.93. The Morgan fingerprint density at radius 2 is 1.72 bits per heavy atom. The molecule has 0 aliphatic heterocycles. The van der Waals surface area contributed by atoms with Crippen molar-refractivity contribution in [1.29, 1.82) is 0 Å². The minimum atomic E-state index is -0.908. The van der Waals surface area contributed by atoms with Crippen molar-refractivity contribution in [2.75, 3.05) is 13.1 Å². The van der Waals surface area contributed by atoms with Gasteiger partial charge < -0.3 is 15.7 Å². The van der Waals surface area contributed by atoms with Gasteiger partial charge in [-0.15, -0.1) is 0 Å². The Hall–Kier alpha value is -1.26. The molecular weight excluding hydrogens is 232 g/mol. The molecule has 3 N–H and O–H groups in total. The highest BCUT2D eigenvalue weighted by Gasteiger charge is 2.15. The number of aliphatic carboxylic acids is 1. The minimum absolute atomic E-state index is 0.0478. The Balaban J connectivity index is 3.59. The first-order valence-electron chi connectivity index (χ1n) is 6.44. The number of carbonyl (C=O) groups excluding carboxylic acids is 1. The zero-order chi connectivity index (χ0) is 14.2. The van der Waals surface area contributed by atoms with E-state index in [-0.39, 0.29) is 19.0 Å². The number of rotatable bonds is 7. The Morgan fingerprint density at radius 1 is 1.17 bits per heavy atom. The molecule has 0 saturated heterocycles. The highest BCUT2D eigenvalue weighted by Crippen LogP contribution is 2.25. The topological polar surface area (TPSA) is 78.4 Å². The van der Waals surface area contributed by atoms with Crippen molar-refractivity contribution in [2.45, 2.75) is 47.0 Å². The second-order valence-electron chi connectivity index (χ2n) is 5.99. The number of carbonyl (C=O) groups is 2. The summed E-state index contributed by atoms with van der Waals surface area (Å²) in [5.74, 6) is -0.349. The first-order chi connectivity index (χ1) is 8.20. The molecule has 0 rings (SSSR count). The lowest BCUT2D eigenvalue weighted by atomic mass is 9.84. The van der Waals surface area contributed by atoms with Crippen molar-refractivity contribution in [2.24, 2.45) is 11.3 Å². The molecule has 0 aromatic rings. The van der Waals surface area contributed by atoms with E-state index < -0.39 is 5.97 Å². The van der Waals surface area contributed by atoms with Crippen LogP contribution in [0.5, 0.6) is 0 Å². The summed E-state index contributed by atoms with van der Waals surface area (Å²) in [4.78, 5) is 21.5. The third kappa shape index (κ3) is 11.2. The second kappa shape index (κ2) is 7.95. The number of hydrogen-bond acceptors (Lipinski definition) is 2. The molecule has 0 spiro atoms. The average Bonchev–Trinajstić information content (AvgIpc) is 2.13. The fraction of sp³-hybridized carbons (Fsp3) is 0.846. The van der Waals surface area contributed by atoms with Crippen LogP contribution in [0.4, 0.5) is 4.79 Å². The molecule has 0 aromatic heterocycles. The minimum Gasteiger partial charge on any atom is -0.481 e. The Morgan fingerprint density at radius 3 is 2.22 bits per heavy atom. The monoisotopic (exact) mass is 258 g/mol. The average molecular weight is 258 g/mol. The van der Waals surface area contributed by atoms with Crippen LogP contribution in [0.25, 0.3) is 0 Å². The summed E-state index contributed by atoms with van der Waals surface area (Å²) >= 11 is 0. The van der Waals surface area contributed by atoms with Gasteiger partial charge in [0.1, 0.15) is 0 Å². The van der Waals surface area contributed by atoms with Crippen molar-refractivity contribution in [3.63, 3.8) is 0 Å². The lowest BCUT2D eigenvalue weighted by Gasteiger charge is -2.23. The normalized spacial score (nSPS) is 12.9. The SMILES string of the molecule is CC(CCNC(=O)NCCC(=O)O)CC(C)(C)C. The van der Waals surface area contributed by atoms with Gasteiger partial charge >= 0.3 is 12.0 Å². The molecule has 0 heterocycles. The number of hydrogen-bond donors (Lipinski definition) is 3. The van der Waals surface area contributed by atoms with Gasteiger partial charge in [0, 0.05) is 13.1 Å². The van der Waals surface area contributed by atoms with E-state index >= 15 is 0 Å². The summed E-state index contributed by atoms with van der Waals surface area (Å²) in [6, 6.07) is -0.292. The van der Waals surface area contributed by atoms with E-state index in [1.165, 1.54) is 0 Å². The number of urea groups is 1. The van der Waals surface area contributed by atoms with Crippen LogP contribution in [-0.2, 0) is 4.79 Å². The molecule has 5 nitrogen and oxygen atoms in total. The highest BCUT2D eigenvalue weighted by atomic mass is 16.4. The van der Waals surface area contributed by atoms with E-state index in [4.69, 9.17) is 5.11 Å². The van der Waals surface area contributed by atoms with Crippen LogP contribution in [-0.4, -0.2) is 30.2 Å². The zero-order valence-corrected chi connectivity index (χ0v) is 11.9. The van der Waals surface area contributed by atoms with Gasteiger partial charge in [0.25, 0.3) is 0 Å². The first-order valence-corrected chi connectivity index (χ1v) is 6.44. The molecule has 106 valence electrons. The number of carboxylic acids is 1. The maximum Gasteiger partial charge on any atom is 0.314 e. The zero-order valence-electron chi connectivity index (χ0n) is 11.9. The summed E-state index contributed by atoms with van der Waals surface area (Å²) in [6.45, 7) is 9.57. The Labute approximate surface area is 109 Å². The Bertz CT molecular complexity index is 272. The maximum atomic E-state index is 11.3. The van der Waals surface area contributed by atoms with E-state index in [2.05, 4.69) is 38.3 Å². The molecule has 0 fully saturated rings. The van der Waals surface area contributed by atoms with Gasteiger partial charge in [-0.2, -0.15) is 0 Å². The van der Waals surface area contributed by atoms with E-state index in [9.17, 15) is 9.59 Å². The van der Waals surface area contributed by atoms with Gasteiger partial charge in [0.05, 0.1) is 6.42 Å². The Kier molecular flexibility index (Phi) is 7.39. The van der Waals surface area contributed by atoms with Gasteiger partial charge in [0.2, 0.25) is 0 Å². The van der Waals surface area contributed by atoms with Crippen LogP contribution in [0.3, 0.4) is 0 Å². The number of carboxylic acid groups (broad SMARTS) is 1. The molecule has 0 saturated carbocycles. The predicted molar refractivity (Wildman–Crippen MR) is 71.5 cm³/mol. The van der Waals surface area contributed by atoms with E-state index in [1.807, 2.05) is 0 Å². The van der Waals surface area contributed by atoms with E-state index in [1.54, 1.807) is 0 Å². The first kappa shape index (κ1) is 16.7. The van der Waals surface area contributed by atoms with Crippen molar-refractivity contribution >= 4 is 12.0 Å². The van der Waals surface area contributed by atoms with Crippen molar-refractivity contribution in [3.05, 3.63) is 0 Å². The van der Waals surface area contributed by atoms with Crippen molar-refractivity contribution in [1.82, 2.24) is 10.6 Å². The second-order valence-corrected chi connectivity index (χ2v) is 5.99. The molecule has 5 heteroatoms. The van der Waals surface area contributed by atoms with Crippen LogP contribution < -0.4 is 10.6 Å². The van der Waals surface area contributed by atoms with Gasteiger partial charge in [-0.25, -0.2) is 4.79 Å². The van der Waals surface area contributed by atoms with Crippen LogP contribution >= 0.6 is 0 Å². The van der Waals surface area contributed by atoms with E-state index in [0.717, 1.165) is 12.8 Å². The van der Waals surface area contributed by atoms with Crippen LogP contribution in [0.1, 0.15) is 47.0 Å². The van der Waals surface area contributed by atoms with E-state index in [0.29, 0.717) is 17.9 Å². The summed E-state index contributed by atoms with van der Waals surface area (Å²) in [5.41, 5.74) is 0.309. The molecule has 2 amide bonds. The van der Waals surface area contributed by atoms with Crippen LogP contribution in [0.15, 0.2) is 0 Å². The number of amides is 2. The molecule has 1 atom stereocenters. The quantitative estimate of drug-likeness (QED) is 0.655. The smallest absolute Gasteiger partial charge is 0.314 e. The molecule has 0 aromatic carbocycles. The summed E-state index contributed by atoms with van der Waals surface area (Å²) in [5, 5.41) is 13.6. The van der Waals surface area contributed by atoms with Gasteiger partial charge in [-0.1, -0.05) is 27.7 Å². The summed E-state index contributed by atoms with van der Waals surface area (Å²) in [6.07, 6.45) is 2.01. The molecule has 0 radical (unpaired) electrons. The molecule has 18 heavy (non-hydrogen) atoms. The largest absolute Gasteiger partial charge is 0.481 e. The number of nitrogens with one attached hydrogen (secondary N) is 2. The molecule has 0 aliphatic carbocycles. The molecular formula is C13H26N2O3. The molecule has 0 aliphatic rings.